The van der Waals surface area contributed by atoms with Gasteiger partial charge in [-0.3, -0.25) is 4.79 Å². The van der Waals surface area contributed by atoms with Gasteiger partial charge in [-0.25, -0.2) is 0 Å². The maximum absolute atomic E-state index is 11.6. The van der Waals surface area contributed by atoms with Gasteiger partial charge >= 0.3 is 0 Å². The first-order chi connectivity index (χ1) is 6.47. The van der Waals surface area contributed by atoms with Gasteiger partial charge in [-0.1, -0.05) is 34.6 Å². The van der Waals surface area contributed by atoms with E-state index in [1.54, 1.807) is 0 Å². The fourth-order valence-electron chi connectivity index (χ4n) is 1.49. The van der Waals surface area contributed by atoms with Gasteiger partial charge in [0.05, 0.1) is 6.04 Å². The highest BCUT2D eigenvalue weighted by atomic mass is 16.1. The van der Waals surface area contributed by atoms with Crippen molar-refractivity contribution in [2.45, 2.75) is 66.0 Å². The summed E-state index contributed by atoms with van der Waals surface area (Å²) in [7, 11) is 0. The van der Waals surface area contributed by atoms with Crippen molar-refractivity contribution >= 4 is 5.78 Å². The second-order valence-electron chi connectivity index (χ2n) is 4.67. The lowest BCUT2D eigenvalue weighted by atomic mass is 9.99. The summed E-state index contributed by atoms with van der Waals surface area (Å²) in [6.45, 7) is 10.5. The third-order valence-electron chi connectivity index (χ3n) is 2.30. The topological polar surface area (TPSA) is 29.1 Å². The molecule has 0 saturated carbocycles. The first kappa shape index (κ1) is 13.6. The largest absolute Gasteiger partial charge is 0.305 e. The number of carbonyl (C=O) groups excluding carboxylic acids is 1. The average Bonchev–Trinajstić information content (AvgIpc) is 2.10. The monoisotopic (exact) mass is 199 g/mol. The summed E-state index contributed by atoms with van der Waals surface area (Å²) in [4.78, 5) is 11.6. The Bertz CT molecular complexity index is 164. The number of hydrogen-bond acceptors (Lipinski definition) is 2. The van der Waals surface area contributed by atoms with Gasteiger partial charge < -0.3 is 5.32 Å². The van der Waals surface area contributed by atoms with Crippen LogP contribution >= 0.6 is 0 Å². The second kappa shape index (κ2) is 6.99. The molecule has 2 nitrogen and oxygen atoms in total. The SMILES string of the molecule is CCC(=O)[C@H](CCC(C)C)NC(C)C. The van der Waals surface area contributed by atoms with Crippen LogP contribution < -0.4 is 5.32 Å². The zero-order valence-corrected chi connectivity index (χ0v) is 10.3. The molecule has 2 heteroatoms. The van der Waals surface area contributed by atoms with E-state index >= 15 is 0 Å². The molecule has 0 aromatic heterocycles. The molecule has 0 aromatic rings. The predicted octanol–water partition coefficient (Wildman–Crippen LogP) is 2.77. The molecule has 0 rings (SSSR count). The number of carbonyl (C=O) groups is 1. The smallest absolute Gasteiger partial charge is 0.149 e. The summed E-state index contributed by atoms with van der Waals surface area (Å²) in [6.07, 6.45) is 2.74. The third kappa shape index (κ3) is 6.14. The number of Topliss-reactive ketones (excluding diaryl/α,β-unsaturated/α-hetero) is 1. The van der Waals surface area contributed by atoms with Crippen molar-refractivity contribution in [3.63, 3.8) is 0 Å². The average molecular weight is 199 g/mol. The van der Waals surface area contributed by atoms with Gasteiger partial charge in [-0.15, -0.1) is 0 Å². The van der Waals surface area contributed by atoms with E-state index in [9.17, 15) is 4.79 Å². The summed E-state index contributed by atoms with van der Waals surface area (Å²) in [6, 6.07) is 0.463. The first-order valence-electron chi connectivity index (χ1n) is 5.76. The van der Waals surface area contributed by atoms with Crippen LogP contribution in [-0.2, 0) is 4.79 Å². The number of rotatable bonds is 7. The van der Waals surface area contributed by atoms with Crippen molar-refractivity contribution < 1.29 is 4.79 Å². The Morgan fingerprint density at radius 1 is 1.14 bits per heavy atom. The van der Waals surface area contributed by atoms with Crippen LogP contribution in [0.5, 0.6) is 0 Å². The number of ketones is 1. The Labute approximate surface area is 88.5 Å². The van der Waals surface area contributed by atoms with Gasteiger partial charge in [-0.05, 0) is 18.8 Å². The highest BCUT2D eigenvalue weighted by molar-refractivity contribution is 5.83. The predicted molar refractivity (Wildman–Crippen MR) is 61.4 cm³/mol. The minimum atomic E-state index is 0.0717. The van der Waals surface area contributed by atoms with Crippen LogP contribution in [0.25, 0.3) is 0 Å². The second-order valence-corrected chi connectivity index (χ2v) is 4.67. The van der Waals surface area contributed by atoms with Crippen LogP contribution in [0, 0.1) is 5.92 Å². The molecule has 1 atom stereocenters. The van der Waals surface area contributed by atoms with Gasteiger partial charge in [-0.2, -0.15) is 0 Å². The molecule has 0 aromatic carbocycles. The van der Waals surface area contributed by atoms with Crippen molar-refractivity contribution in [1.29, 1.82) is 0 Å². The Hall–Kier alpha value is -0.370. The molecule has 0 spiro atoms. The standard InChI is InChI=1S/C12H25NO/c1-6-12(14)11(13-10(4)5)8-7-9(2)3/h9-11,13H,6-8H2,1-5H3/t11-/m0/s1. The molecule has 0 bridgehead atoms. The van der Waals surface area contributed by atoms with Crippen LogP contribution in [-0.4, -0.2) is 17.9 Å². The molecule has 0 saturated heterocycles. The van der Waals surface area contributed by atoms with Crippen LogP contribution in [0.3, 0.4) is 0 Å². The quantitative estimate of drug-likeness (QED) is 0.683. The highest BCUT2D eigenvalue weighted by Crippen LogP contribution is 2.09. The summed E-state index contributed by atoms with van der Waals surface area (Å²) < 4.78 is 0. The Balaban J connectivity index is 4.04. The maximum atomic E-state index is 11.6. The Morgan fingerprint density at radius 2 is 1.71 bits per heavy atom. The van der Waals surface area contributed by atoms with Gasteiger partial charge in [0, 0.05) is 12.5 Å². The van der Waals surface area contributed by atoms with E-state index in [1.165, 1.54) is 0 Å². The fourth-order valence-corrected chi connectivity index (χ4v) is 1.49. The lowest BCUT2D eigenvalue weighted by Crippen LogP contribution is -2.40. The molecule has 0 fully saturated rings. The highest BCUT2D eigenvalue weighted by Gasteiger charge is 2.17. The Kier molecular flexibility index (Phi) is 6.81. The van der Waals surface area contributed by atoms with Crippen molar-refractivity contribution in [3.8, 4) is 0 Å². The van der Waals surface area contributed by atoms with Crippen LogP contribution in [0.4, 0.5) is 0 Å². The lowest BCUT2D eigenvalue weighted by Gasteiger charge is -2.20. The molecular formula is C12H25NO. The van der Waals surface area contributed by atoms with Gasteiger partial charge in [0.1, 0.15) is 5.78 Å². The van der Waals surface area contributed by atoms with Crippen LogP contribution in [0.2, 0.25) is 0 Å². The molecule has 14 heavy (non-hydrogen) atoms. The van der Waals surface area contributed by atoms with E-state index in [0.717, 1.165) is 12.8 Å². The van der Waals surface area contributed by atoms with Gasteiger partial charge in [0.15, 0.2) is 0 Å². The normalized spacial score (nSPS) is 13.6. The zero-order valence-electron chi connectivity index (χ0n) is 10.3. The van der Waals surface area contributed by atoms with E-state index in [0.29, 0.717) is 24.2 Å². The van der Waals surface area contributed by atoms with E-state index in [2.05, 4.69) is 33.0 Å². The molecule has 0 aliphatic rings. The van der Waals surface area contributed by atoms with Crippen molar-refractivity contribution in [1.82, 2.24) is 5.32 Å². The van der Waals surface area contributed by atoms with E-state index in [4.69, 9.17) is 0 Å². The third-order valence-corrected chi connectivity index (χ3v) is 2.30. The molecule has 0 aliphatic heterocycles. The summed E-state index contributed by atoms with van der Waals surface area (Å²) in [5.74, 6) is 1.02. The number of nitrogens with one attached hydrogen (secondary N) is 1. The van der Waals surface area contributed by atoms with E-state index in [-0.39, 0.29) is 6.04 Å². The van der Waals surface area contributed by atoms with Gasteiger partial charge in [0.25, 0.3) is 0 Å². The van der Waals surface area contributed by atoms with Crippen molar-refractivity contribution in [3.05, 3.63) is 0 Å². The fraction of sp³-hybridized carbons (Fsp3) is 0.917. The van der Waals surface area contributed by atoms with E-state index in [1.807, 2.05) is 6.92 Å². The molecule has 0 heterocycles. The minimum Gasteiger partial charge on any atom is -0.305 e. The zero-order chi connectivity index (χ0) is 11.1. The van der Waals surface area contributed by atoms with Crippen molar-refractivity contribution in [2.24, 2.45) is 5.92 Å². The van der Waals surface area contributed by atoms with Crippen LogP contribution in [0.15, 0.2) is 0 Å². The maximum Gasteiger partial charge on any atom is 0.149 e. The molecule has 0 aliphatic carbocycles. The molecule has 0 amide bonds. The molecule has 0 radical (unpaired) electrons. The Morgan fingerprint density at radius 3 is 2.07 bits per heavy atom. The first-order valence-corrected chi connectivity index (χ1v) is 5.76. The molecule has 0 unspecified atom stereocenters. The minimum absolute atomic E-state index is 0.0717. The van der Waals surface area contributed by atoms with E-state index < -0.39 is 0 Å². The molecule has 1 N–H and O–H groups in total. The summed E-state index contributed by atoms with van der Waals surface area (Å²) in [5, 5.41) is 3.34. The summed E-state index contributed by atoms with van der Waals surface area (Å²) in [5.41, 5.74) is 0. The van der Waals surface area contributed by atoms with Crippen molar-refractivity contribution in [2.75, 3.05) is 0 Å². The molecule has 84 valence electrons. The molecular weight excluding hydrogens is 174 g/mol. The summed E-state index contributed by atoms with van der Waals surface area (Å²) >= 11 is 0. The number of hydrogen-bond donors (Lipinski definition) is 1. The van der Waals surface area contributed by atoms with Gasteiger partial charge in [0.2, 0.25) is 0 Å². The van der Waals surface area contributed by atoms with Crippen LogP contribution in [0.1, 0.15) is 53.9 Å². The lowest BCUT2D eigenvalue weighted by molar-refractivity contribution is -0.121.